The highest BCUT2D eigenvalue weighted by Gasteiger charge is 2.70. The van der Waals surface area contributed by atoms with Crippen molar-refractivity contribution in [2.45, 2.75) is 44.6 Å². The Labute approximate surface area is 88.6 Å². The van der Waals surface area contributed by atoms with Gasteiger partial charge in [-0.2, -0.15) is 0 Å². The average Bonchev–Trinajstić information content (AvgIpc) is 2.68. The number of likely N-dealkylation sites (tertiary alicyclic amines) is 1. The minimum absolute atomic E-state index is 0.0510. The van der Waals surface area contributed by atoms with E-state index in [1.165, 1.54) is 0 Å². The Morgan fingerprint density at radius 1 is 1.27 bits per heavy atom. The molecule has 0 aromatic rings. The van der Waals surface area contributed by atoms with Crippen molar-refractivity contribution in [3.05, 3.63) is 0 Å². The molecule has 2 rings (SSSR count). The predicted molar refractivity (Wildman–Crippen MR) is 52.9 cm³/mol. The molecule has 4 heteroatoms. The summed E-state index contributed by atoms with van der Waals surface area (Å²) in [5.74, 6) is -2.44. The van der Waals surface area contributed by atoms with Gasteiger partial charge in [-0.3, -0.25) is 4.90 Å². The third kappa shape index (κ3) is 1.59. The van der Waals surface area contributed by atoms with Crippen molar-refractivity contribution in [3.8, 4) is 0 Å². The molecule has 0 aromatic heterocycles. The Morgan fingerprint density at radius 3 is 2.07 bits per heavy atom. The SMILES string of the molecule is CC(C)(C=O)N1CCC2(CC1)CC2(F)F. The van der Waals surface area contributed by atoms with E-state index in [-0.39, 0.29) is 6.42 Å². The highest BCUT2D eigenvalue weighted by molar-refractivity contribution is 5.62. The molecule has 0 aromatic carbocycles. The Balaban J connectivity index is 1.97. The Bertz CT molecular complexity index is 280. The number of hydrogen-bond acceptors (Lipinski definition) is 2. The number of hydrogen-bond donors (Lipinski definition) is 0. The molecule has 1 aliphatic heterocycles. The van der Waals surface area contributed by atoms with Crippen LogP contribution in [0.15, 0.2) is 0 Å². The molecule has 0 radical (unpaired) electrons. The summed E-state index contributed by atoms with van der Waals surface area (Å²) in [4.78, 5) is 12.8. The molecule has 2 fully saturated rings. The fraction of sp³-hybridized carbons (Fsp3) is 0.909. The van der Waals surface area contributed by atoms with Crippen molar-refractivity contribution >= 4 is 6.29 Å². The van der Waals surface area contributed by atoms with Crippen LogP contribution < -0.4 is 0 Å². The van der Waals surface area contributed by atoms with Gasteiger partial charge in [0.1, 0.15) is 6.29 Å². The molecule has 2 aliphatic rings. The smallest absolute Gasteiger partial charge is 0.254 e. The third-order valence-electron chi connectivity index (χ3n) is 4.04. The average molecular weight is 217 g/mol. The normalized spacial score (nSPS) is 29.1. The van der Waals surface area contributed by atoms with E-state index >= 15 is 0 Å². The van der Waals surface area contributed by atoms with Crippen molar-refractivity contribution in [1.82, 2.24) is 4.90 Å². The van der Waals surface area contributed by atoms with Crippen molar-refractivity contribution in [2.75, 3.05) is 13.1 Å². The molecule has 0 atom stereocenters. The van der Waals surface area contributed by atoms with E-state index in [0.717, 1.165) is 6.29 Å². The third-order valence-corrected chi connectivity index (χ3v) is 4.04. The highest BCUT2D eigenvalue weighted by atomic mass is 19.3. The molecule has 1 saturated carbocycles. The van der Waals surface area contributed by atoms with Gasteiger partial charge in [0, 0.05) is 11.8 Å². The van der Waals surface area contributed by atoms with Crippen LogP contribution in [0.2, 0.25) is 0 Å². The zero-order valence-corrected chi connectivity index (χ0v) is 9.22. The molecule has 0 bridgehead atoms. The number of rotatable bonds is 2. The first-order chi connectivity index (χ1) is 6.83. The van der Waals surface area contributed by atoms with Crippen LogP contribution >= 0.6 is 0 Å². The molecule has 1 aliphatic carbocycles. The van der Waals surface area contributed by atoms with Crippen molar-refractivity contribution in [1.29, 1.82) is 0 Å². The monoisotopic (exact) mass is 217 g/mol. The summed E-state index contributed by atoms with van der Waals surface area (Å²) in [6.45, 7) is 4.90. The summed E-state index contributed by atoms with van der Waals surface area (Å²) < 4.78 is 26.2. The molecule has 0 unspecified atom stereocenters. The summed E-state index contributed by atoms with van der Waals surface area (Å²) in [6.07, 6.45) is 2.00. The number of aldehydes is 1. The van der Waals surface area contributed by atoms with Gasteiger partial charge >= 0.3 is 0 Å². The summed E-state index contributed by atoms with van der Waals surface area (Å²) in [5.41, 5.74) is -1.23. The first-order valence-corrected chi connectivity index (χ1v) is 5.42. The number of carbonyl (C=O) groups is 1. The second-order valence-corrected chi connectivity index (χ2v) is 5.42. The first kappa shape index (κ1) is 11.0. The van der Waals surface area contributed by atoms with Gasteiger partial charge in [-0.15, -0.1) is 0 Å². The second-order valence-electron chi connectivity index (χ2n) is 5.42. The summed E-state index contributed by atoms with van der Waals surface area (Å²) in [5, 5.41) is 0. The summed E-state index contributed by atoms with van der Waals surface area (Å²) in [7, 11) is 0. The molecular weight excluding hydrogens is 200 g/mol. The summed E-state index contributed by atoms with van der Waals surface area (Å²) >= 11 is 0. The van der Waals surface area contributed by atoms with Crippen LogP contribution in [0.4, 0.5) is 8.78 Å². The van der Waals surface area contributed by atoms with E-state index < -0.39 is 16.9 Å². The Kier molecular flexibility index (Phi) is 2.20. The summed E-state index contributed by atoms with van der Waals surface area (Å²) in [6, 6.07) is 0. The minimum Gasteiger partial charge on any atom is -0.301 e. The highest BCUT2D eigenvalue weighted by Crippen LogP contribution is 2.66. The zero-order chi connectivity index (χ0) is 11.3. The van der Waals surface area contributed by atoms with Crippen molar-refractivity contribution in [2.24, 2.45) is 5.41 Å². The minimum atomic E-state index is -2.44. The Morgan fingerprint density at radius 2 is 1.73 bits per heavy atom. The van der Waals surface area contributed by atoms with E-state index in [1.54, 1.807) is 0 Å². The van der Waals surface area contributed by atoms with Crippen LogP contribution in [-0.2, 0) is 4.79 Å². The lowest BCUT2D eigenvalue weighted by atomic mass is 9.90. The molecular formula is C11H17F2NO. The number of halogens is 2. The van der Waals surface area contributed by atoms with Crippen LogP contribution in [0.1, 0.15) is 33.1 Å². The molecule has 2 nitrogen and oxygen atoms in total. The van der Waals surface area contributed by atoms with E-state index in [0.29, 0.717) is 25.9 Å². The molecule has 0 amide bonds. The molecule has 1 heterocycles. The topological polar surface area (TPSA) is 20.3 Å². The van der Waals surface area contributed by atoms with E-state index in [2.05, 4.69) is 0 Å². The maximum atomic E-state index is 13.1. The fourth-order valence-corrected chi connectivity index (χ4v) is 2.51. The molecule has 15 heavy (non-hydrogen) atoms. The Hall–Kier alpha value is -0.510. The lowest BCUT2D eigenvalue weighted by Gasteiger charge is -2.40. The lowest BCUT2D eigenvalue weighted by molar-refractivity contribution is -0.118. The van der Waals surface area contributed by atoms with Gasteiger partial charge in [-0.05, 0) is 39.8 Å². The molecule has 1 spiro atoms. The van der Waals surface area contributed by atoms with Gasteiger partial charge in [0.15, 0.2) is 0 Å². The second kappa shape index (κ2) is 3.00. The molecule has 1 saturated heterocycles. The maximum absolute atomic E-state index is 13.1. The van der Waals surface area contributed by atoms with Crippen molar-refractivity contribution in [3.63, 3.8) is 0 Å². The fourth-order valence-electron chi connectivity index (χ4n) is 2.51. The molecule has 86 valence electrons. The van der Waals surface area contributed by atoms with Gasteiger partial charge in [0.25, 0.3) is 5.92 Å². The van der Waals surface area contributed by atoms with Crippen LogP contribution in [0, 0.1) is 5.41 Å². The van der Waals surface area contributed by atoms with Gasteiger partial charge in [-0.25, -0.2) is 8.78 Å². The van der Waals surface area contributed by atoms with Gasteiger partial charge in [0.05, 0.1) is 5.54 Å². The van der Waals surface area contributed by atoms with Gasteiger partial charge in [0.2, 0.25) is 0 Å². The van der Waals surface area contributed by atoms with Gasteiger partial charge in [-0.1, -0.05) is 0 Å². The lowest BCUT2D eigenvalue weighted by Crippen LogP contribution is -2.50. The van der Waals surface area contributed by atoms with Crippen LogP contribution in [0.5, 0.6) is 0 Å². The standard InChI is InChI=1S/C11H17F2NO/c1-9(2,8-15)14-5-3-10(4-6-14)7-11(10,12)13/h8H,3-7H2,1-2H3. The van der Waals surface area contributed by atoms with E-state index in [4.69, 9.17) is 0 Å². The largest absolute Gasteiger partial charge is 0.301 e. The quantitative estimate of drug-likeness (QED) is 0.660. The van der Waals surface area contributed by atoms with Crippen molar-refractivity contribution < 1.29 is 13.6 Å². The number of carbonyl (C=O) groups excluding carboxylic acids is 1. The van der Waals surface area contributed by atoms with E-state index in [1.807, 2.05) is 18.7 Å². The van der Waals surface area contributed by atoms with Crippen LogP contribution in [-0.4, -0.2) is 35.7 Å². The maximum Gasteiger partial charge on any atom is 0.254 e. The van der Waals surface area contributed by atoms with Gasteiger partial charge < -0.3 is 4.79 Å². The van der Waals surface area contributed by atoms with Crippen LogP contribution in [0.3, 0.4) is 0 Å². The number of piperidine rings is 1. The number of nitrogens with zero attached hydrogens (tertiary/aromatic N) is 1. The molecule has 0 N–H and O–H groups in total. The number of alkyl halides is 2. The van der Waals surface area contributed by atoms with Crippen LogP contribution in [0.25, 0.3) is 0 Å². The van der Waals surface area contributed by atoms with E-state index in [9.17, 15) is 13.6 Å². The zero-order valence-electron chi connectivity index (χ0n) is 9.22. The first-order valence-electron chi connectivity index (χ1n) is 5.42. The predicted octanol–water partition coefficient (Wildman–Crippen LogP) is 2.09.